The highest BCUT2D eigenvalue weighted by atomic mass is 16.5. The fraction of sp³-hybridized carbons (Fsp3) is 0.600. The molecule has 2 rings (SSSR count). The lowest BCUT2D eigenvalue weighted by atomic mass is 10.1. The maximum Gasteiger partial charge on any atom is 0.0641 e. The van der Waals surface area contributed by atoms with Crippen LogP contribution in [0.5, 0.6) is 0 Å². The molecule has 0 saturated carbocycles. The maximum atomic E-state index is 5.53. The van der Waals surface area contributed by atoms with Crippen LogP contribution in [0.1, 0.15) is 25.3 Å². The largest absolute Gasteiger partial charge is 0.380 e. The van der Waals surface area contributed by atoms with Crippen molar-refractivity contribution >= 4 is 5.69 Å². The van der Waals surface area contributed by atoms with E-state index in [0.717, 1.165) is 45.8 Å². The molecule has 3 heteroatoms. The summed E-state index contributed by atoms with van der Waals surface area (Å²) >= 11 is 0. The molecule has 0 amide bonds. The minimum atomic E-state index is 0.844. The Morgan fingerprint density at radius 3 is 3.00 bits per heavy atom. The molecule has 1 fully saturated rings. The number of ether oxygens (including phenoxy) is 1. The van der Waals surface area contributed by atoms with Crippen LogP contribution in [0.3, 0.4) is 0 Å². The first-order chi connectivity index (χ1) is 8.92. The Bertz CT molecular complexity index is 346. The number of nitrogens with zero attached hydrogens (tertiary/aromatic N) is 1. The molecule has 1 heterocycles. The predicted octanol–water partition coefficient (Wildman–Crippen LogP) is 2.41. The van der Waals surface area contributed by atoms with Crippen LogP contribution >= 0.6 is 0 Å². The van der Waals surface area contributed by atoms with Gasteiger partial charge in [0.15, 0.2) is 0 Å². The lowest BCUT2D eigenvalue weighted by Gasteiger charge is -2.25. The Balaban J connectivity index is 2.05. The van der Waals surface area contributed by atoms with E-state index >= 15 is 0 Å². The molecule has 1 aromatic carbocycles. The highest BCUT2D eigenvalue weighted by molar-refractivity contribution is 5.53. The first kappa shape index (κ1) is 13.4. The van der Waals surface area contributed by atoms with Gasteiger partial charge in [-0.25, -0.2) is 0 Å². The van der Waals surface area contributed by atoms with Crippen molar-refractivity contribution in [3.63, 3.8) is 0 Å². The van der Waals surface area contributed by atoms with E-state index in [9.17, 15) is 0 Å². The lowest BCUT2D eigenvalue weighted by molar-refractivity contribution is 0.152. The van der Waals surface area contributed by atoms with Gasteiger partial charge in [0.25, 0.3) is 0 Å². The van der Waals surface area contributed by atoms with Gasteiger partial charge in [0.05, 0.1) is 6.61 Å². The Morgan fingerprint density at radius 2 is 2.11 bits per heavy atom. The van der Waals surface area contributed by atoms with Crippen LogP contribution in [0.2, 0.25) is 0 Å². The van der Waals surface area contributed by atoms with Crippen LogP contribution in [0.25, 0.3) is 0 Å². The molecule has 0 bridgehead atoms. The van der Waals surface area contributed by atoms with Gasteiger partial charge in [-0.3, -0.25) is 0 Å². The van der Waals surface area contributed by atoms with Crippen LogP contribution in [-0.4, -0.2) is 32.8 Å². The van der Waals surface area contributed by atoms with Crippen LogP contribution in [0, 0.1) is 0 Å². The van der Waals surface area contributed by atoms with E-state index in [1.807, 2.05) is 0 Å². The zero-order chi connectivity index (χ0) is 12.6. The normalized spacial score (nSPS) is 16.6. The number of nitrogens with one attached hydrogen (secondary N) is 1. The predicted molar refractivity (Wildman–Crippen MR) is 76.1 cm³/mol. The molecule has 1 aliphatic heterocycles. The second-order valence-corrected chi connectivity index (χ2v) is 4.76. The van der Waals surface area contributed by atoms with Crippen molar-refractivity contribution in [3.05, 3.63) is 29.8 Å². The molecule has 18 heavy (non-hydrogen) atoms. The number of benzene rings is 1. The summed E-state index contributed by atoms with van der Waals surface area (Å²) in [4.78, 5) is 2.45. The summed E-state index contributed by atoms with van der Waals surface area (Å²) in [6.45, 7) is 8.09. The monoisotopic (exact) mass is 248 g/mol. The number of hydrogen-bond donors (Lipinski definition) is 1. The Hall–Kier alpha value is -1.06. The summed E-state index contributed by atoms with van der Waals surface area (Å²) < 4.78 is 5.53. The fourth-order valence-electron chi connectivity index (χ4n) is 2.36. The summed E-state index contributed by atoms with van der Waals surface area (Å²) in [5, 5.41) is 3.49. The first-order valence-electron chi connectivity index (χ1n) is 7.03. The number of para-hydroxylation sites is 1. The zero-order valence-electron chi connectivity index (χ0n) is 11.3. The van der Waals surface area contributed by atoms with E-state index in [0.29, 0.717) is 0 Å². The van der Waals surface area contributed by atoms with Gasteiger partial charge in [-0.05, 0) is 31.0 Å². The second-order valence-electron chi connectivity index (χ2n) is 4.76. The molecule has 3 nitrogen and oxygen atoms in total. The summed E-state index contributed by atoms with van der Waals surface area (Å²) in [6.07, 6.45) is 2.30. The molecule has 1 aliphatic rings. The van der Waals surface area contributed by atoms with Crippen LogP contribution < -0.4 is 10.2 Å². The van der Waals surface area contributed by atoms with E-state index in [4.69, 9.17) is 4.74 Å². The average molecular weight is 248 g/mol. The van der Waals surface area contributed by atoms with Gasteiger partial charge in [-0.2, -0.15) is 0 Å². The summed E-state index contributed by atoms with van der Waals surface area (Å²) in [5.74, 6) is 0. The van der Waals surface area contributed by atoms with Crippen molar-refractivity contribution in [2.24, 2.45) is 0 Å². The molecular weight excluding hydrogens is 224 g/mol. The van der Waals surface area contributed by atoms with E-state index in [-0.39, 0.29) is 0 Å². The lowest BCUT2D eigenvalue weighted by Crippen LogP contribution is -2.28. The van der Waals surface area contributed by atoms with Gasteiger partial charge in [0.1, 0.15) is 0 Å². The third-order valence-electron chi connectivity index (χ3n) is 3.30. The third-order valence-corrected chi connectivity index (χ3v) is 3.30. The van der Waals surface area contributed by atoms with Crippen molar-refractivity contribution in [2.75, 3.05) is 37.7 Å². The Labute approximate surface area is 110 Å². The molecule has 1 aromatic rings. The maximum absolute atomic E-state index is 5.53. The van der Waals surface area contributed by atoms with Crippen LogP contribution in [0.4, 0.5) is 5.69 Å². The van der Waals surface area contributed by atoms with Crippen molar-refractivity contribution in [2.45, 2.75) is 26.3 Å². The van der Waals surface area contributed by atoms with E-state index in [2.05, 4.69) is 41.4 Å². The topological polar surface area (TPSA) is 24.5 Å². The smallest absolute Gasteiger partial charge is 0.0641 e. The highest BCUT2D eigenvalue weighted by Gasteiger charge is 2.12. The molecule has 100 valence electrons. The van der Waals surface area contributed by atoms with Crippen molar-refractivity contribution in [1.82, 2.24) is 5.32 Å². The molecule has 1 N–H and O–H groups in total. The molecule has 0 unspecified atom stereocenters. The van der Waals surface area contributed by atoms with Crippen molar-refractivity contribution < 1.29 is 4.74 Å². The quantitative estimate of drug-likeness (QED) is 0.810. The molecule has 0 aliphatic carbocycles. The Morgan fingerprint density at radius 1 is 1.22 bits per heavy atom. The second kappa shape index (κ2) is 7.39. The number of rotatable bonds is 5. The molecule has 0 spiro atoms. The minimum Gasteiger partial charge on any atom is -0.380 e. The van der Waals surface area contributed by atoms with E-state index in [1.54, 1.807) is 0 Å². The van der Waals surface area contributed by atoms with Gasteiger partial charge >= 0.3 is 0 Å². The van der Waals surface area contributed by atoms with E-state index in [1.165, 1.54) is 17.7 Å². The van der Waals surface area contributed by atoms with Crippen molar-refractivity contribution in [1.29, 1.82) is 0 Å². The van der Waals surface area contributed by atoms with Gasteiger partial charge in [0.2, 0.25) is 0 Å². The third kappa shape index (κ3) is 3.72. The molecule has 0 atom stereocenters. The van der Waals surface area contributed by atoms with Crippen molar-refractivity contribution in [3.8, 4) is 0 Å². The molecule has 0 aromatic heterocycles. The summed E-state index contributed by atoms with van der Waals surface area (Å²) in [7, 11) is 0. The SMILES string of the molecule is CCCNCc1ccccc1N1CCCOCC1. The summed E-state index contributed by atoms with van der Waals surface area (Å²) in [6, 6.07) is 8.71. The van der Waals surface area contributed by atoms with Crippen LogP contribution in [-0.2, 0) is 11.3 Å². The van der Waals surface area contributed by atoms with Gasteiger partial charge in [0, 0.05) is 31.9 Å². The minimum absolute atomic E-state index is 0.844. The number of hydrogen-bond acceptors (Lipinski definition) is 3. The Kier molecular flexibility index (Phi) is 5.49. The standard InChI is InChI=1S/C15H24N2O/c1-2-8-16-13-14-6-3-4-7-15(14)17-9-5-11-18-12-10-17/h3-4,6-7,16H,2,5,8-13H2,1H3. The van der Waals surface area contributed by atoms with Gasteiger partial charge in [-0.15, -0.1) is 0 Å². The fourth-order valence-corrected chi connectivity index (χ4v) is 2.36. The van der Waals surface area contributed by atoms with Gasteiger partial charge in [-0.1, -0.05) is 25.1 Å². The zero-order valence-corrected chi connectivity index (χ0v) is 11.3. The van der Waals surface area contributed by atoms with E-state index < -0.39 is 0 Å². The first-order valence-corrected chi connectivity index (χ1v) is 7.03. The highest BCUT2D eigenvalue weighted by Crippen LogP contribution is 2.21. The molecular formula is C15H24N2O. The van der Waals surface area contributed by atoms with Crippen LogP contribution in [0.15, 0.2) is 24.3 Å². The number of anilines is 1. The van der Waals surface area contributed by atoms with Gasteiger partial charge < -0.3 is 15.0 Å². The average Bonchev–Trinajstić information content (AvgIpc) is 2.68. The molecule has 1 saturated heterocycles. The summed E-state index contributed by atoms with van der Waals surface area (Å²) in [5.41, 5.74) is 2.76. The molecule has 0 radical (unpaired) electrons.